The predicted octanol–water partition coefficient (Wildman–Crippen LogP) is 7.42. The van der Waals surface area contributed by atoms with Crippen LogP contribution < -0.4 is 18.9 Å². The fourth-order valence-electron chi connectivity index (χ4n) is 3.43. The molecule has 0 aliphatic rings. The van der Waals surface area contributed by atoms with E-state index >= 15 is 0 Å². The minimum absolute atomic E-state index is 0.233. The lowest BCUT2D eigenvalue weighted by Crippen LogP contribution is -2.10. The molecule has 0 spiro atoms. The molecule has 0 saturated carbocycles. The number of hydrogen-bond donors (Lipinski definition) is 0. The van der Waals surface area contributed by atoms with Gasteiger partial charge in [0.2, 0.25) is 0 Å². The van der Waals surface area contributed by atoms with Crippen molar-refractivity contribution in [1.82, 2.24) is 0 Å². The van der Waals surface area contributed by atoms with E-state index < -0.39 is 17.9 Å². The second kappa shape index (κ2) is 13.8. The molecule has 0 unspecified atom stereocenters. The Morgan fingerprint density at radius 2 is 1.02 bits per heavy atom. The second-order valence-corrected chi connectivity index (χ2v) is 9.28. The second-order valence-electron chi connectivity index (χ2n) is 9.28. The van der Waals surface area contributed by atoms with Crippen LogP contribution in [0.2, 0.25) is 0 Å². The maximum absolute atomic E-state index is 12.6. The summed E-state index contributed by atoms with van der Waals surface area (Å²) in [7, 11) is 0. The zero-order valence-corrected chi connectivity index (χ0v) is 23.6. The highest BCUT2D eigenvalue weighted by molar-refractivity contribution is 5.92. The molecule has 0 N–H and O–H groups in total. The van der Waals surface area contributed by atoms with Gasteiger partial charge in [0, 0.05) is 27.8 Å². The number of carbonyl (C=O) groups excluding carboxylic acids is 3. The van der Waals surface area contributed by atoms with E-state index in [0.29, 0.717) is 40.5 Å². The summed E-state index contributed by atoms with van der Waals surface area (Å²) in [6.45, 7) is 17.8. The van der Waals surface area contributed by atoms with Crippen LogP contribution in [0.4, 0.5) is 0 Å². The molecular weight excluding hydrogens is 520 g/mol. The van der Waals surface area contributed by atoms with Gasteiger partial charge in [-0.05, 0) is 75.2 Å². The largest absolute Gasteiger partial charge is 0.489 e. The van der Waals surface area contributed by atoms with Crippen molar-refractivity contribution >= 4 is 17.9 Å². The predicted molar refractivity (Wildman–Crippen MR) is 159 cm³/mol. The fourth-order valence-corrected chi connectivity index (χ4v) is 3.43. The summed E-state index contributed by atoms with van der Waals surface area (Å²) >= 11 is 0. The highest BCUT2D eigenvalue weighted by Gasteiger charge is 2.19. The lowest BCUT2D eigenvalue weighted by molar-refractivity contribution is -0.130. The van der Waals surface area contributed by atoms with Crippen molar-refractivity contribution in [3.8, 4) is 45.3 Å². The number of benzene rings is 3. The number of carbonyl (C=O) groups is 3. The summed E-state index contributed by atoms with van der Waals surface area (Å²) in [6.07, 6.45) is 3.74. The molecular formula is C34H32O7. The van der Waals surface area contributed by atoms with Crippen LogP contribution in [-0.4, -0.2) is 24.5 Å². The highest BCUT2D eigenvalue weighted by atomic mass is 16.5. The van der Waals surface area contributed by atoms with E-state index in [-0.39, 0.29) is 22.5 Å². The van der Waals surface area contributed by atoms with Gasteiger partial charge in [-0.3, -0.25) is 0 Å². The minimum Gasteiger partial charge on any atom is -0.489 e. The molecule has 0 radical (unpaired) electrons. The first-order valence-corrected chi connectivity index (χ1v) is 12.8. The first kappa shape index (κ1) is 30.4. The summed E-state index contributed by atoms with van der Waals surface area (Å²) < 4.78 is 22.5. The zero-order chi connectivity index (χ0) is 30.1. The van der Waals surface area contributed by atoms with Crippen molar-refractivity contribution < 1.29 is 33.3 Å². The van der Waals surface area contributed by atoms with Crippen molar-refractivity contribution in [2.75, 3.05) is 6.61 Å². The lowest BCUT2D eigenvalue weighted by atomic mass is 9.97. The standard InChI is InChI=1S/C34H32O7/c1-8-9-18-38-30-19-29(25-12-16-27(17-13-25)40-33(36)22(4)5)31(41-34(37)23(6)7)20-28(30)24-10-14-26(15-11-24)39-32(35)21(2)3/h8-17,19-20H,2,4,6,18H2,1,3,5,7H3/b9-8+. The Balaban J connectivity index is 2.12. The van der Waals surface area contributed by atoms with E-state index in [0.717, 1.165) is 5.56 Å². The zero-order valence-electron chi connectivity index (χ0n) is 23.6. The van der Waals surface area contributed by atoms with E-state index in [9.17, 15) is 14.4 Å². The van der Waals surface area contributed by atoms with Gasteiger partial charge < -0.3 is 18.9 Å². The quantitative estimate of drug-likeness (QED) is 0.106. The molecule has 0 amide bonds. The maximum Gasteiger partial charge on any atom is 0.338 e. The van der Waals surface area contributed by atoms with Crippen molar-refractivity contribution in [3.05, 3.63) is 109 Å². The normalized spacial score (nSPS) is 10.5. The summed E-state index contributed by atoms with van der Waals surface area (Å²) in [4.78, 5) is 36.4. The van der Waals surface area contributed by atoms with Crippen molar-refractivity contribution in [2.24, 2.45) is 0 Å². The number of rotatable bonds is 11. The average molecular weight is 553 g/mol. The van der Waals surface area contributed by atoms with Crippen molar-refractivity contribution in [1.29, 1.82) is 0 Å². The molecule has 3 rings (SSSR count). The Morgan fingerprint density at radius 3 is 1.44 bits per heavy atom. The molecule has 0 atom stereocenters. The molecule has 7 nitrogen and oxygen atoms in total. The SMILES string of the molecule is C=C(C)C(=O)Oc1ccc(-c2cc(OC(=O)C(=C)C)c(-c3ccc(OC(=O)C(=C)C)cc3)cc2OC/C=C/C)cc1. The molecule has 7 heteroatoms. The van der Waals surface area contributed by atoms with Crippen molar-refractivity contribution in [2.45, 2.75) is 27.7 Å². The molecule has 3 aromatic carbocycles. The van der Waals surface area contributed by atoms with Gasteiger partial charge in [0.1, 0.15) is 29.6 Å². The highest BCUT2D eigenvalue weighted by Crippen LogP contribution is 2.42. The molecule has 0 fully saturated rings. The maximum atomic E-state index is 12.6. The van der Waals surface area contributed by atoms with E-state index in [4.69, 9.17) is 18.9 Å². The van der Waals surface area contributed by atoms with E-state index in [1.807, 2.05) is 19.1 Å². The molecule has 0 aliphatic carbocycles. The number of esters is 3. The Kier molecular flexibility index (Phi) is 10.2. The molecule has 0 saturated heterocycles. The topological polar surface area (TPSA) is 88.1 Å². The summed E-state index contributed by atoms with van der Waals surface area (Å²) in [5.41, 5.74) is 3.44. The molecule has 3 aromatic rings. The smallest absolute Gasteiger partial charge is 0.338 e. The van der Waals surface area contributed by atoms with Crippen molar-refractivity contribution in [3.63, 3.8) is 0 Å². The molecule has 0 heterocycles. The monoisotopic (exact) mass is 552 g/mol. The van der Waals surface area contributed by atoms with Gasteiger partial charge >= 0.3 is 17.9 Å². The van der Waals surface area contributed by atoms with E-state index in [1.54, 1.807) is 81.4 Å². The third kappa shape index (κ3) is 8.16. The molecule has 41 heavy (non-hydrogen) atoms. The molecule has 210 valence electrons. The van der Waals surface area contributed by atoms with Crippen LogP contribution in [0, 0.1) is 0 Å². The van der Waals surface area contributed by atoms with Crippen LogP contribution in [0.1, 0.15) is 27.7 Å². The third-order valence-corrected chi connectivity index (χ3v) is 5.65. The number of hydrogen-bond acceptors (Lipinski definition) is 7. The van der Waals surface area contributed by atoms with Gasteiger partial charge in [-0.1, -0.05) is 56.2 Å². The van der Waals surface area contributed by atoms with Gasteiger partial charge in [-0.25, -0.2) is 14.4 Å². The Hall–Kier alpha value is -5.17. The molecule has 0 aromatic heterocycles. The Bertz CT molecular complexity index is 1520. The van der Waals surface area contributed by atoms with Crippen LogP contribution >= 0.6 is 0 Å². The first-order chi connectivity index (χ1) is 19.5. The van der Waals surface area contributed by atoms with Gasteiger partial charge in [0.05, 0.1) is 0 Å². The summed E-state index contributed by atoms with van der Waals surface area (Å²) in [6, 6.07) is 17.1. The van der Waals surface area contributed by atoms with Crippen LogP contribution in [0.15, 0.2) is 109 Å². The van der Waals surface area contributed by atoms with Gasteiger partial charge in [-0.15, -0.1) is 0 Å². The van der Waals surface area contributed by atoms with Crippen LogP contribution in [0.3, 0.4) is 0 Å². The summed E-state index contributed by atoms with van der Waals surface area (Å²) in [5.74, 6) is -0.139. The van der Waals surface area contributed by atoms with Gasteiger partial charge in [-0.2, -0.15) is 0 Å². The van der Waals surface area contributed by atoms with Crippen LogP contribution in [0.5, 0.6) is 23.0 Å². The van der Waals surface area contributed by atoms with E-state index in [1.165, 1.54) is 0 Å². The fraction of sp³-hybridized carbons (Fsp3) is 0.147. The average Bonchev–Trinajstić information content (AvgIpc) is 2.94. The Labute approximate surface area is 240 Å². The minimum atomic E-state index is -0.589. The number of ether oxygens (including phenoxy) is 4. The number of allylic oxidation sites excluding steroid dienone is 1. The molecule has 0 aliphatic heterocycles. The Morgan fingerprint density at radius 1 is 0.634 bits per heavy atom. The lowest BCUT2D eigenvalue weighted by Gasteiger charge is -2.18. The first-order valence-electron chi connectivity index (χ1n) is 12.8. The molecule has 0 bridgehead atoms. The van der Waals surface area contributed by atoms with E-state index in [2.05, 4.69) is 19.7 Å². The van der Waals surface area contributed by atoms with Crippen LogP contribution in [-0.2, 0) is 14.4 Å². The summed E-state index contributed by atoms with van der Waals surface area (Å²) in [5, 5.41) is 0. The third-order valence-electron chi connectivity index (χ3n) is 5.65. The van der Waals surface area contributed by atoms with Gasteiger partial charge in [0.25, 0.3) is 0 Å². The van der Waals surface area contributed by atoms with Crippen LogP contribution in [0.25, 0.3) is 22.3 Å². The van der Waals surface area contributed by atoms with Gasteiger partial charge in [0.15, 0.2) is 0 Å².